The summed E-state index contributed by atoms with van der Waals surface area (Å²) in [6, 6.07) is 3.36. The van der Waals surface area contributed by atoms with Crippen molar-refractivity contribution in [1.29, 1.82) is 0 Å². The van der Waals surface area contributed by atoms with Crippen LogP contribution in [0.1, 0.15) is 11.3 Å². The van der Waals surface area contributed by atoms with Gasteiger partial charge < -0.3 is 0 Å². The maximum Gasteiger partial charge on any atom is 0.253 e. The summed E-state index contributed by atoms with van der Waals surface area (Å²) in [4.78, 5) is 8.00. The van der Waals surface area contributed by atoms with Gasteiger partial charge in [-0.05, 0) is 11.4 Å². The molecule has 1 aliphatic rings. The Hall–Kier alpha value is -1.31. The molecular formula is C10H9N3O2S2. The highest BCUT2D eigenvalue weighted by Gasteiger charge is 2.31. The van der Waals surface area contributed by atoms with Gasteiger partial charge >= 0.3 is 0 Å². The molecule has 0 bridgehead atoms. The van der Waals surface area contributed by atoms with Crippen LogP contribution in [0.25, 0.3) is 0 Å². The van der Waals surface area contributed by atoms with Crippen LogP contribution >= 0.6 is 11.3 Å². The van der Waals surface area contributed by atoms with Crippen LogP contribution in [0.4, 0.5) is 0 Å². The SMILES string of the molecule is O=S(=O)(c1cccs1)N1Cc2cncnc2C1. The molecule has 0 aromatic carbocycles. The topological polar surface area (TPSA) is 63.2 Å². The standard InChI is InChI=1S/C10H9N3O2S2/c14-17(15,10-2-1-3-16-10)13-5-8-4-11-7-12-9(8)6-13/h1-4,7H,5-6H2. The van der Waals surface area contributed by atoms with Crippen LogP contribution in [0.3, 0.4) is 0 Å². The lowest BCUT2D eigenvalue weighted by Crippen LogP contribution is -2.24. The molecule has 5 nitrogen and oxygen atoms in total. The van der Waals surface area contributed by atoms with Gasteiger partial charge in [-0.1, -0.05) is 6.07 Å². The van der Waals surface area contributed by atoms with Crippen LogP contribution in [0.15, 0.2) is 34.2 Å². The number of fused-ring (bicyclic) bond motifs is 1. The second kappa shape index (κ2) is 3.86. The fourth-order valence-electron chi connectivity index (χ4n) is 1.78. The Labute approximate surface area is 103 Å². The molecule has 7 heteroatoms. The molecule has 88 valence electrons. The molecule has 0 atom stereocenters. The molecule has 0 aliphatic carbocycles. The molecule has 3 heterocycles. The fourth-order valence-corrected chi connectivity index (χ4v) is 4.30. The number of hydrogen-bond acceptors (Lipinski definition) is 5. The summed E-state index contributed by atoms with van der Waals surface area (Å²) in [6.45, 7) is 0.689. The van der Waals surface area contributed by atoms with Gasteiger partial charge in [0.2, 0.25) is 0 Å². The molecule has 0 saturated carbocycles. The number of hydrogen-bond donors (Lipinski definition) is 0. The van der Waals surface area contributed by atoms with Crippen LogP contribution in [-0.4, -0.2) is 22.7 Å². The lowest BCUT2D eigenvalue weighted by Gasteiger charge is -2.13. The summed E-state index contributed by atoms with van der Waals surface area (Å²) in [5, 5.41) is 1.76. The van der Waals surface area contributed by atoms with E-state index in [0.29, 0.717) is 17.3 Å². The van der Waals surface area contributed by atoms with Gasteiger partial charge in [-0.15, -0.1) is 11.3 Å². The van der Waals surface area contributed by atoms with E-state index < -0.39 is 10.0 Å². The molecule has 0 unspecified atom stereocenters. The van der Waals surface area contributed by atoms with Gasteiger partial charge in [-0.25, -0.2) is 18.4 Å². The molecule has 0 fully saturated rings. The van der Waals surface area contributed by atoms with Crippen molar-refractivity contribution in [3.05, 3.63) is 41.3 Å². The predicted octanol–water partition coefficient (Wildman–Crippen LogP) is 1.24. The quantitative estimate of drug-likeness (QED) is 0.821. The molecule has 0 spiro atoms. The first-order chi connectivity index (χ1) is 8.18. The smallest absolute Gasteiger partial charge is 0.244 e. The van der Waals surface area contributed by atoms with Gasteiger partial charge in [0.05, 0.1) is 12.2 Å². The Morgan fingerprint density at radius 1 is 1.35 bits per heavy atom. The van der Waals surface area contributed by atoms with Crippen molar-refractivity contribution < 1.29 is 8.42 Å². The van der Waals surface area contributed by atoms with Crippen molar-refractivity contribution >= 4 is 21.4 Å². The molecule has 2 aromatic rings. The Morgan fingerprint density at radius 2 is 2.24 bits per heavy atom. The highest BCUT2D eigenvalue weighted by molar-refractivity contribution is 7.91. The van der Waals surface area contributed by atoms with Gasteiger partial charge in [0, 0.05) is 18.3 Å². The molecule has 2 aromatic heterocycles. The summed E-state index contributed by atoms with van der Waals surface area (Å²) in [5.74, 6) is 0. The Balaban J connectivity index is 1.95. The van der Waals surface area contributed by atoms with E-state index in [1.807, 2.05) is 0 Å². The van der Waals surface area contributed by atoms with Crippen molar-refractivity contribution in [2.75, 3.05) is 0 Å². The number of sulfonamides is 1. The molecule has 0 radical (unpaired) electrons. The maximum absolute atomic E-state index is 12.3. The second-order valence-electron chi connectivity index (χ2n) is 3.70. The minimum atomic E-state index is -3.38. The summed E-state index contributed by atoms with van der Waals surface area (Å²) in [5.41, 5.74) is 1.67. The third-order valence-electron chi connectivity index (χ3n) is 2.64. The van der Waals surface area contributed by atoms with Crippen molar-refractivity contribution in [2.45, 2.75) is 17.3 Å². The summed E-state index contributed by atoms with van der Waals surface area (Å²) in [7, 11) is -3.38. The zero-order chi connectivity index (χ0) is 11.9. The lowest BCUT2D eigenvalue weighted by molar-refractivity contribution is 0.431. The van der Waals surface area contributed by atoms with Crippen molar-refractivity contribution in [3.63, 3.8) is 0 Å². The number of nitrogens with zero attached hydrogens (tertiary/aromatic N) is 3. The van der Waals surface area contributed by atoms with E-state index in [1.165, 1.54) is 22.0 Å². The zero-order valence-electron chi connectivity index (χ0n) is 8.78. The summed E-state index contributed by atoms with van der Waals surface area (Å²) >= 11 is 1.23. The van der Waals surface area contributed by atoms with E-state index in [2.05, 4.69) is 9.97 Å². The van der Waals surface area contributed by atoms with Crippen molar-refractivity contribution in [1.82, 2.24) is 14.3 Å². The average molecular weight is 267 g/mol. The molecule has 0 saturated heterocycles. The fraction of sp³-hybridized carbons (Fsp3) is 0.200. The second-order valence-corrected chi connectivity index (χ2v) is 6.81. The van der Waals surface area contributed by atoms with Gasteiger partial charge in [-0.3, -0.25) is 0 Å². The van der Waals surface area contributed by atoms with Crippen LogP contribution in [0.5, 0.6) is 0 Å². The highest BCUT2D eigenvalue weighted by Crippen LogP contribution is 2.28. The molecule has 17 heavy (non-hydrogen) atoms. The van der Waals surface area contributed by atoms with Gasteiger partial charge in [-0.2, -0.15) is 4.31 Å². The molecular weight excluding hydrogens is 258 g/mol. The molecule has 0 N–H and O–H groups in total. The summed E-state index contributed by atoms with van der Waals surface area (Å²) < 4.78 is 26.3. The third-order valence-corrected chi connectivity index (χ3v) is 5.81. The molecule has 0 amide bonds. The number of aromatic nitrogens is 2. The Bertz CT molecular complexity index is 612. The summed E-state index contributed by atoms with van der Waals surface area (Å²) in [6.07, 6.45) is 3.12. The third kappa shape index (κ3) is 1.76. The van der Waals surface area contributed by atoms with E-state index in [9.17, 15) is 8.42 Å². The molecule has 3 rings (SSSR count). The maximum atomic E-state index is 12.3. The van der Waals surface area contributed by atoms with Crippen molar-refractivity contribution in [3.8, 4) is 0 Å². The van der Waals surface area contributed by atoms with E-state index >= 15 is 0 Å². The highest BCUT2D eigenvalue weighted by atomic mass is 32.2. The first-order valence-corrected chi connectivity index (χ1v) is 7.31. The lowest BCUT2D eigenvalue weighted by atomic mass is 10.3. The van der Waals surface area contributed by atoms with Crippen molar-refractivity contribution in [2.24, 2.45) is 0 Å². The molecule has 1 aliphatic heterocycles. The number of thiophene rings is 1. The zero-order valence-corrected chi connectivity index (χ0v) is 10.4. The van der Waals surface area contributed by atoms with Gasteiger partial charge in [0.25, 0.3) is 10.0 Å². The average Bonchev–Trinajstić information content (AvgIpc) is 2.98. The number of rotatable bonds is 2. The first kappa shape index (κ1) is 10.8. The minimum absolute atomic E-state index is 0.331. The van der Waals surface area contributed by atoms with Crippen LogP contribution < -0.4 is 0 Å². The van der Waals surface area contributed by atoms with Gasteiger partial charge in [0.15, 0.2) is 0 Å². The van der Waals surface area contributed by atoms with Crippen LogP contribution in [0.2, 0.25) is 0 Å². The van der Waals surface area contributed by atoms with Crippen LogP contribution in [0, 0.1) is 0 Å². The Morgan fingerprint density at radius 3 is 2.94 bits per heavy atom. The minimum Gasteiger partial charge on any atom is -0.244 e. The predicted molar refractivity (Wildman–Crippen MR) is 62.8 cm³/mol. The normalized spacial score (nSPS) is 16.0. The first-order valence-electron chi connectivity index (χ1n) is 4.99. The van der Waals surface area contributed by atoms with E-state index in [0.717, 1.165) is 11.3 Å². The van der Waals surface area contributed by atoms with Crippen LogP contribution in [-0.2, 0) is 23.1 Å². The monoisotopic (exact) mass is 267 g/mol. The van der Waals surface area contributed by atoms with E-state index in [-0.39, 0.29) is 0 Å². The van der Waals surface area contributed by atoms with E-state index in [4.69, 9.17) is 0 Å². The van der Waals surface area contributed by atoms with E-state index in [1.54, 1.807) is 23.7 Å². The van der Waals surface area contributed by atoms with Gasteiger partial charge in [0.1, 0.15) is 10.5 Å². The largest absolute Gasteiger partial charge is 0.253 e. The Kier molecular flexibility index (Phi) is 2.46.